The van der Waals surface area contributed by atoms with Crippen LogP contribution < -0.4 is 10.6 Å². The van der Waals surface area contributed by atoms with Crippen LogP contribution in [0.1, 0.15) is 12.5 Å². The van der Waals surface area contributed by atoms with Crippen molar-refractivity contribution in [2.45, 2.75) is 19.5 Å². The minimum Gasteiger partial charge on any atom is -0.366 e. The quantitative estimate of drug-likeness (QED) is 0.905. The van der Waals surface area contributed by atoms with E-state index in [1.807, 2.05) is 31.2 Å². The van der Waals surface area contributed by atoms with Crippen LogP contribution in [0.3, 0.4) is 0 Å². The normalized spacial score (nSPS) is 21.6. The molecular formula is C15H19N3O2S. The molecule has 2 heterocycles. The molecule has 1 saturated heterocycles. The van der Waals surface area contributed by atoms with Gasteiger partial charge in [0.2, 0.25) is 0 Å². The Kier molecular flexibility index (Phi) is 3.59. The lowest BCUT2D eigenvalue weighted by Crippen LogP contribution is -2.47. The Morgan fingerprint density at radius 2 is 2.14 bits per heavy atom. The average molecular weight is 305 g/mol. The summed E-state index contributed by atoms with van der Waals surface area (Å²) in [6.45, 7) is 2.85. The Labute approximate surface area is 124 Å². The van der Waals surface area contributed by atoms with Crippen molar-refractivity contribution in [1.29, 1.82) is 0 Å². The fourth-order valence-corrected chi connectivity index (χ4v) is 4.54. The zero-order valence-corrected chi connectivity index (χ0v) is 12.8. The fraction of sp³-hybridized carbons (Fsp3) is 0.400. The highest BCUT2D eigenvalue weighted by Crippen LogP contribution is 2.32. The van der Waals surface area contributed by atoms with E-state index in [-0.39, 0.29) is 17.5 Å². The largest absolute Gasteiger partial charge is 0.366 e. The summed E-state index contributed by atoms with van der Waals surface area (Å²) < 4.78 is 23.6. The van der Waals surface area contributed by atoms with E-state index in [0.717, 1.165) is 22.2 Å². The molecule has 0 spiro atoms. The molecular weight excluding hydrogens is 286 g/mol. The third-order valence-electron chi connectivity index (χ3n) is 4.00. The molecule has 5 nitrogen and oxygen atoms in total. The predicted molar refractivity (Wildman–Crippen MR) is 85.1 cm³/mol. The first-order valence-corrected chi connectivity index (χ1v) is 8.88. The van der Waals surface area contributed by atoms with Gasteiger partial charge in [0.05, 0.1) is 22.7 Å². The number of hydrogen-bond acceptors (Lipinski definition) is 5. The molecule has 21 heavy (non-hydrogen) atoms. The SMILES string of the molecule is CC1CS(=O)(=O)CCN1c1c(CN)cnc2ccccc12. The molecule has 0 aliphatic carbocycles. The minimum absolute atomic E-state index is 0.0557. The van der Waals surface area contributed by atoms with Gasteiger partial charge >= 0.3 is 0 Å². The summed E-state index contributed by atoms with van der Waals surface area (Å²) in [5.74, 6) is 0.381. The number of sulfone groups is 1. The molecule has 1 aromatic heterocycles. The highest BCUT2D eigenvalue weighted by molar-refractivity contribution is 7.91. The zero-order valence-electron chi connectivity index (χ0n) is 12.0. The molecule has 0 amide bonds. The van der Waals surface area contributed by atoms with Gasteiger partial charge in [-0.2, -0.15) is 0 Å². The molecule has 0 saturated carbocycles. The lowest BCUT2D eigenvalue weighted by molar-refractivity contribution is 0.568. The van der Waals surface area contributed by atoms with Crippen LogP contribution in [0.5, 0.6) is 0 Å². The Hall–Kier alpha value is -1.66. The second-order valence-corrected chi connectivity index (χ2v) is 7.74. The summed E-state index contributed by atoms with van der Waals surface area (Å²) in [4.78, 5) is 6.60. The molecule has 1 aliphatic heterocycles. The number of rotatable bonds is 2. The van der Waals surface area contributed by atoms with Crippen molar-refractivity contribution in [2.24, 2.45) is 5.73 Å². The third kappa shape index (κ3) is 2.61. The zero-order chi connectivity index (χ0) is 15.0. The number of hydrogen-bond donors (Lipinski definition) is 1. The first-order chi connectivity index (χ1) is 10.0. The molecule has 2 aromatic rings. The van der Waals surface area contributed by atoms with Gasteiger partial charge in [0.1, 0.15) is 0 Å². The number of aromatic nitrogens is 1. The van der Waals surface area contributed by atoms with Gasteiger partial charge in [-0.05, 0) is 13.0 Å². The summed E-state index contributed by atoms with van der Waals surface area (Å²) in [5.41, 5.74) is 8.76. The summed E-state index contributed by atoms with van der Waals surface area (Å²) in [7, 11) is -2.93. The van der Waals surface area contributed by atoms with Gasteiger partial charge < -0.3 is 10.6 Å². The molecule has 0 radical (unpaired) electrons. The van der Waals surface area contributed by atoms with E-state index in [2.05, 4.69) is 9.88 Å². The van der Waals surface area contributed by atoms with Crippen LogP contribution in [-0.4, -0.2) is 37.5 Å². The van der Waals surface area contributed by atoms with Crippen molar-refractivity contribution in [3.05, 3.63) is 36.0 Å². The lowest BCUT2D eigenvalue weighted by Gasteiger charge is -2.37. The molecule has 1 unspecified atom stereocenters. The Morgan fingerprint density at radius 1 is 1.38 bits per heavy atom. The van der Waals surface area contributed by atoms with Crippen LogP contribution >= 0.6 is 0 Å². The van der Waals surface area contributed by atoms with Crippen LogP contribution in [0.4, 0.5) is 5.69 Å². The van der Waals surface area contributed by atoms with Gasteiger partial charge in [0, 0.05) is 36.3 Å². The maximum absolute atomic E-state index is 11.8. The summed E-state index contributed by atoms with van der Waals surface area (Å²) in [6, 6.07) is 7.85. The van der Waals surface area contributed by atoms with Crippen molar-refractivity contribution in [2.75, 3.05) is 23.0 Å². The molecule has 1 fully saturated rings. The number of fused-ring (bicyclic) bond motifs is 1. The number of anilines is 1. The second-order valence-electron chi connectivity index (χ2n) is 5.51. The smallest absolute Gasteiger partial charge is 0.154 e. The molecule has 112 valence electrons. The van der Waals surface area contributed by atoms with E-state index >= 15 is 0 Å². The average Bonchev–Trinajstić information content (AvgIpc) is 2.46. The van der Waals surface area contributed by atoms with Crippen molar-refractivity contribution in [3.63, 3.8) is 0 Å². The standard InChI is InChI=1S/C15H19N3O2S/c1-11-10-21(19,20)7-6-18(11)15-12(8-16)9-17-14-5-3-2-4-13(14)15/h2-5,9,11H,6-8,10,16H2,1H3. The van der Waals surface area contributed by atoms with Crippen LogP contribution in [-0.2, 0) is 16.4 Å². The molecule has 6 heteroatoms. The van der Waals surface area contributed by atoms with E-state index in [0.29, 0.717) is 13.1 Å². The highest BCUT2D eigenvalue weighted by Gasteiger charge is 2.30. The van der Waals surface area contributed by atoms with Crippen molar-refractivity contribution in [1.82, 2.24) is 4.98 Å². The van der Waals surface area contributed by atoms with E-state index in [4.69, 9.17) is 5.73 Å². The summed E-state index contributed by atoms with van der Waals surface area (Å²) in [5, 5.41) is 1.03. The summed E-state index contributed by atoms with van der Waals surface area (Å²) in [6.07, 6.45) is 1.80. The first kappa shape index (κ1) is 14.3. The Bertz CT molecular complexity index is 774. The van der Waals surface area contributed by atoms with Crippen LogP contribution in [0.15, 0.2) is 30.5 Å². The molecule has 2 N–H and O–H groups in total. The maximum Gasteiger partial charge on any atom is 0.154 e. The molecule has 1 atom stereocenters. The second kappa shape index (κ2) is 5.27. The molecule has 1 aromatic carbocycles. The van der Waals surface area contributed by atoms with Crippen LogP contribution in [0, 0.1) is 0 Å². The summed E-state index contributed by atoms with van der Waals surface area (Å²) >= 11 is 0. The van der Waals surface area contributed by atoms with E-state index in [1.165, 1.54) is 0 Å². The third-order valence-corrected chi connectivity index (χ3v) is 5.80. The monoisotopic (exact) mass is 305 g/mol. The molecule has 3 rings (SSSR count). The van der Waals surface area contributed by atoms with Crippen molar-refractivity contribution < 1.29 is 8.42 Å². The van der Waals surface area contributed by atoms with Crippen molar-refractivity contribution in [3.8, 4) is 0 Å². The topological polar surface area (TPSA) is 76.3 Å². The molecule has 0 bridgehead atoms. The predicted octanol–water partition coefficient (Wildman–Crippen LogP) is 1.32. The van der Waals surface area contributed by atoms with Gasteiger partial charge in [-0.1, -0.05) is 18.2 Å². The van der Waals surface area contributed by atoms with Gasteiger partial charge in [-0.25, -0.2) is 8.42 Å². The van der Waals surface area contributed by atoms with Crippen LogP contribution in [0.2, 0.25) is 0 Å². The van der Waals surface area contributed by atoms with Gasteiger partial charge in [-0.3, -0.25) is 4.98 Å². The lowest BCUT2D eigenvalue weighted by atomic mass is 10.1. The van der Waals surface area contributed by atoms with Gasteiger partial charge in [0.25, 0.3) is 0 Å². The van der Waals surface area contributed by atoms with E-state index in [9.17, 15) is 8.42 Å². The maximum atomic E-state index is 11.8. The molecule has 1 aliphatic rings. The van der Waals surface area contributed by atoms with E-state index < -0.39 is 9.84 Å². The first-order valence-electron chi connectivity index (χ1n) is 7.05. The van der Waals surface area contributed by atoms with E-state index in [1.54, 1.807) is 6.20 Å². The number of pyridine rings is 1. The number of benzene rings is 1. The van der Waals surface area contributed by atoms with Gasteiger partial charge in [-0.15, -0.1) is 0 Å². The number of para-hydroxylation sites is 1. The van der Waals surface area contributed by atoms with Crippen molar-refractivity contribution >= 4 is 26.4 Å². The minimum atomic E-state index is -2.93. The fourth-order valence-electron chi connectivity index (χ4n) is 2.99. The highest BCUT2D eigenvalue weighted by atomic mass is 32.2. The Balaban J connectivity index is 2.15. The van der Waals surface area contributed by atoms with Gasteiger partial charge in [0.15, 0.2) is 9.84 Å². The van der Waals surface area contributed by atoms with Crippen LogP contribution in [0.25, 0.3) is 10.9 Å². The number of nitrogens with zero attached hydrogens (tertiary/aromatic N) is 2. The number of nitrogens with two attached hydrogens (primary N) is 1. The Morgan fingerprint density at radius 3 is 2.86 bits per heavy atom.